The quantitative estimate of drug-likeness (QED) is 0.378. The van der Waals surface area contributed by atoms with Crippen molar-refractivity contribution >= 4 is 11.6 Å². The number of unbranched alkanes of at least 4 members (excludes halogenated alkanes) is 1. The molecule has 0 N–H and O–H groups in total. The molecule has 0 amide bonds. The fourth-order valence-electron chi connectivity index (χ4n) is 1.25. The van der Waals surface area contributed by atoms with Gasteiger partial charge in [0.25, 0.3) is 0 Å². The lowest BCUT2D eigenvalue weighted by atomic mass is 10.3. The summed E-state index contributed by atoms with van der Waals surface area (Å²) in [6.07, 6.45) is 4.33. The van der Waals surface area contributed by atoms with E-state index < -0.39 is 0 Å². The minimum Gasteiger partial charge on any atom is -0.379 e. The monoisotopic (exact) mass is 266 g/mol. The van der Waals surface area contributed by atoms with Gasteiger partial charge in [0.2, 0.25) is 0 Å². The van der Waals surface area contributed by atoms with Gasteiger partial charge in [-0.15, -0.1) is 11.6 Å². The van der Waals surface area contributed by atoms with Crippen LogP contribution in [0.2, 0.25) is 0 Å². The zero-order valence-corrected chi connectivity index (χ0v) is 12.0. The third-order valence-electron chi connectivity index (χ3n) is 2.28. The molecule has 4 heteroatoms. The Kier molecular flexibility index (Phi) is 14.4. The van der Waals surface area contributed by atoms with Crippen molar-refractivity contribution in [3.05, 3.63) is 0 Å². The largest absolute Gasteiger partial charge is 0.379 e. The predicted octanol–water partition coefficient (Wildman–Crippen LogP) is 3.24. The number of ether oxygens (including phenoxy) is 3. The maximum absolute atomic E-state index is 5.82. The van der Waals surface area contributed by atoms with E-state index in [4.69, 9.17) is 25.8 Å². The summed E-state index contributed by atoms with van der Waals surface area (Å²) in [5.41, 5.74) is 0. The summed E-state index contributed by atoms with van der Waals surface area (Å²) in [5, 5.41) is 0.245. The highest BCUT2D eigenvalue weighted by Gasteiger charge is 1.96. The molecule has 0 bridgehead atoms. The van der Waals surface area contributed by atoms with Crippen LogP contribution in [0.4, 0.5) is 0 Å². The first-order chi connectivity index (χ1) is 8.27. The van der Waals surface area contributed by atoms with Crippen molar-refractivity contribution < 1.29 is 14.2 Å². The first kappa shape index (κ1) is 17.2. The molecule has 1 atom stereocenters. The molecule has 0 aliphatic heterocycles. The number of alkyl halides is 1. The summed E-state index contributed by atoms with van der Waals surface area (Å²) in [5.74, 6) is 0. The van der Waals surface area contributed by atoms with Gasteiger partial charge >= 0.3 is 0 Å². The van der Waals surface area contributed by atoms with Gasteiger partial charge in [-0.05, 0) is 26.2 Å². The summed E-state index contributed by atoms with van der Waals surface area (Å²) in [4.78, 5) is 0. The Hall–Kier alpha value is 0.170. The second-order valence-electron chi connectivity index (χ2n) is 4.11. The number of hydrogen-bond donors (Lipinski definition) is 0. The molecule has 0 aromatic heterocycles. The fourth-order valence-corrected chi connectivity index (χ4v) is 1.41. The maximum Gasteiger partial charge on any atom is 0.0701 e. The molecule has 0 aromatic carbocycles. The third kappa shape index (κ3) is 16.2. The van der Waals surface area contributed by atoms with E-state index in [0.29, 0.717) is 26.4 Å². The molecular weight excluding hydrogens is 240 g/mol. The highest BCUT2D eigenvalue weighted by Crippen LogP contribution is 2.03. The van der Waals surface area contributed by atoms with E-state index in [9.17, 15) is 0 Å². The standard InChI is InChI=1S/C13H27ClO3/c1-3-4-7-15-9-11-17-12-10-16-8-5-6-13(2)14/h13H,3-12H2,1-2H3. The molecule has 0 radical (unpaired) electrons. The van der Waals surface area contributed by atoms with Crippen LogP contribution in [-0.2, 0) is 14.2 Å². The number of hydrogen-bond acceptors (Lipinski definition) is 3. The van der Waals surface area contributed by atoms with Crippen LogP contribution < -0.4 is 0 Å². The zero-order chi connectivity index (χ0) is 12.8. The maximum atomic E-state index is 5.82. The molecule has 0 aliphatic carbocycles. The first-order valence-corrected chi connectivity index (χ1v) is 7.08. The molecular formula is C13H27ClO3. The Morgan fingerprint density at radius 3 is 1.76 bits per heavy atom. The summed E-state index contributed by atoms with van der Waals surface area (Å²) in [6, 6.07) is 0. The van der Waals surface area contributed by atoms with E-state index in [-0.39, 0.29) is 5.38 Å². The van der Waals surface area contributed by atoms with Crippen molar-refractivity contribution in [2.75, 3.05) is 39.6 Å². The van der Waals surface area contributed by atoms with Gasteiger partial charge in [0.15, 0.2) is 0 Å². The molecule has 0 aliphatic rings. The SMILES string of the molecule is CCCCOCCOCCOCCCC(C)Cl. The van der Waals surface area contributed by atoms with E-state index in [1.165, 1.54) is 6.42 Å². The minimum absolute atomic E-state index is 0.245. The topological polar surface area (TPSA) is 27.7 Å². The molecule has 0 heterocycles. The molecule has 17 heavy (non-hydrogen) atoms. The second kappa shape index (κ2) is 14.2. The van der Waals surface area contributed by atoms with E-state index in [0.717, 1.165) is 32.5 Å². The van der Waals surface area contributed by atoms with Gasteiger partial charge < -0.3 is 14.2 Å². The van der Waals surface area contributed by atoms with Crippen molar-refractivity contribution in [2.24, 2.45) is 0 Å². The summed E-state index contributed by atoms with van der Waals surface area (Å²) >= 11 is 5.82. The molecule has 3 nitrogen and oxygen atoms in total. The van der Waals surface area contributed by atoms with E-state index >= 15 is 0 Å². The van der Waals surface area contributed by atoms with Gasteiger partial charge in [-0.2, -0.15) is 0 Å². The van der Waals surface area contributed by atoms with Crippen molar-refractivity contribution in [1.82, 2.24) is 0 Å². The smallest absolute Gasteiger partial charge is 0.0701 e. The molecule has 104 valence electrons. The van der Waals surface area contributed by atoms with Crippen LogP contribution in [-0.4, -0.2) is 45.0 Å². The van der Waals surface area contributed by atoms with Crippen molar-refractivity contribution in [3.63, 3.8) is 0 Å². The van der Waals surface area contributed by atoms with Crippen LogP contribution in [0.15, 0.2) is 0 Å². The van der Waals surface area contributed by atoms with Crippen LogP contribution in [0.3, 0.4) is 0 Å². The van der Waals surface area contributed by atoms with E-state index in [2.05, 4.69) is 6.92 Å². The summed E-state index contributed by atoms with van der Waals surface area (Å²) in [7, 11) is 0. The van der Waals surface area contributed by atoms with Crippen LogP contribution in [0.25, 0.3) is 0 Å². The van der Waals surface area contributed by atoms with E-state index in [1.54, 1.807) is 0 Å². The highest BCUT2D eigenvalue weighted by atomic mass is 35.5. The third-order valence-corrected chi connectivity index (χ3v) is 2.50. The second-order valence-corrected chi connectivity index (χ2v) is 4.86. The van der Waals surface area contributed by atoms with Gasteiger partial charge in [-0.1, -0.05) is 13.3 Å². The average Bonchev–Trinajstić information content (AvgIpc) is 2.30. The van der Waals surface area contributed by atoms with Crippen molar-refractivity contribution in [1.29, 1.82) is 0 Å². The van der Waals surface area contributed by atoms with Crippen LogP contribution >= 0.6 is 11.6 Å². The lowest BCUT2D eigenvalue weighted by Gasteiger charge is -2.07. The van der Waals surface area contributed by atoms with Crippen LogP contribution in [0, 0.1) is 0 Å². The molecule has 1 unspecified atom stereocenters. The van der Waals surface area contributed by atoms with Crippen LogP contribution in [0.5, 0.6) is 0 Å². The molecule has 0 fully saturated rings. The Bertz CT molecular complexity index is 143. The average molecular weight is 267 g/mol. The van der Waals surface area contributed by atoms with Gasteiger partial charge in [0.1, 0.15) is 0 Å². The molecule has 0 rings (SSSR count). The summed E-state index contributed by atoms with van der Waals surface area (Å²) in [6.45, 7) is 8.42. The lowest BCUT2D eigenvalue weighted by molar-refractivity contribution is 0.0135. The Morgan fingerprint density at radius 1 is 0.824 bits per heavy atom. The Morgan fingerprint density at radius 2 is 1.29 bits per heavy atom. The van der Waals surface area contributed by atoms with E-state index in [1.807, 2.05) is 6.92 Å². The van der Waals surface area contributed by atoms with Crippen molar-refractivity contribution in [2.45, 2.75) is 44.9 Å². The molecule has 0 aromatic rings. The predicted molar refractivity (Wildman–Crippen MR) is 71.9 cm³/mol. The Balaban J connectivity index is 2.89. The zero-order valence-electron chi connectivity index (χ0n) is 11.3. The molecule has 0 saturated heterocycles. The first-order valence-electron chi connectivity index (χ1n) is 6.64. The molecule has 0 spiro atoms. The number of halogens is 1. The summed E-state index contributed by atoms with van der Waals surface area (Å²) < 4.78 is 16.1. The highest BCUT2D eigenvalue weighted by molar-refractivity contribution is 6.20. The van der Waals surface area contributed by atoms with Crippen molar-refractivity contribution in [3.8, 4) is 0 Å². The Labute approximate surface area is 111 Å². The molecule has 0 saturated carbocycles. The van der Waals surface area contributed by atoms with Gasteiger partial charge in [-0.3, -0.25) is 0 Å². The minimum atomic E-state index is 0.245. The van der Waals surface area contributed by atoms with Crippen LogP contribution in [0.1, 0.15) is 39.5 Å². The van der Waals surface area contributed by atoms with Gasteiger partial charge in [0, 0.05) is 18.6 Å². The van der Waals surface area contributed by atoms with Gasteiger partial charge in [-0.25, -0.2) is 0 Å². The number of rotatable bonds is 13. The fraction of sp³-hybridized carbons (Fsp3) is 1.00. The van der Waals surface area contributed by atoms with Gasteiger partial charge in [0.05, 0.1) is 26.4 Å². The lowest BCUT2D eigenvalue weighted by Crippen LogP contribution is -2.10. The normalized spacial score (nSPS) is 12.9.